The first-order chi connectivity index (χ1) is 12.8. The number of aromatic carboxylic acids is 1. The zero-order chi connectivity index (χ0) is 20.1. The summed E-state index contributed by atoms with van der Waals surface area (Å²) in [5.74, 6) is -1.31. The van der Waals surface area contributed by atoms with Crippen molar-refractivity contribution in [1.82, 2.24) is 0 Å². The van der Waals surface area contributed by atoms with Gasteiger partial charge in [-0.1, -0.05) is 0 Å². The maximum Gasteiger partial charge on any atom is 0.338 e. The Kier molecular flexibility index (Phi) is 5.81. The number of nitro benzene ring substituents is 1. The molecule has 0 fully saturated rings. The molecule has 0 radical (unpaired) electrons. The van der Waals surface area contributed by atoms with E-state index in [2.05, 4.69) is 5.32 Å². The molecule has 0 saturated carbocycles. The number of rotatable bonds is 7. The number of methoxy groups -OCH3 is 3. The quantitative estimate of drug-likeness (QED) is 0.555. The first-order valence-electron chi connectivity index (χ1n) is 7.45. The summed E-state index contributed by atoms with van der Waals surface area (Å²) in [6, 6.07) is 5.90. The Morgan fingerprint density at radius 3 is 2.07 bits per heavy atom. The first-order valence-corrected chi connectivity index (χ1v) is 7.45. The van der Waals surface area contributed by atoms with Crippen LogP contribution in [0.2, 0.25) is 0 Å². The number of hydrogen-bond donors (Lipinski definition) is 2. The highest BCUT2D eigenvalue weighted by Gasteiger charge is 2.20. The van der Waals surface area contributed by atoms with Crippen molar-refractivity contribution < 1.29 is 33.8 Å². The minimum absolute atomic E-state index is 0.0909. The number of non-ortho nitro benzene ring substituents is 1. The predicted molar refractivity (Wildman–Crippen MR) is 94.1 cm³/mol. The molecular formula is C17H16N2O8. The third-order valence-electron chi connectivity index (χ3n) is 3.62. The van der Waals surface area contributed by atoms with Gasteiger partial charge in [0.25, 0.3) is 11.6 Å². The van der Waals surface area contributed by atoms with Gasteiger partial charge in [-0.2, -0.15) is 0 Å². The molecule has 0 bridgehead atoms. The van der Waals surface area contributed by atoms with Gasteiger partial charge in [-0.05, 0) is 18.2 Å². The number of carbonyl (C=O) groups is 2. The Bertz CT molecular complexity index is 885. The van der Waals surface area contributed by atoms with E-state index in [1.807, 2.05) is 0 Å². The number of anilines is 1. The summed E-state index contributed by atoms with van der Waals surface area (Å²) in [6.07, 6.45) is 0. The number of benzene rings is 2. The van der Waals surface area contributed by atoms with Gasteiger partial charge in [-0.15, -0.1) is 0 Å². The summed E-state index contributed by atoms with van der Waals surface area (Å²) >= 11 is 0. The lowest BCUT2D eigenvalue weighted by Gasteiger charge is -2.14. The standard InChI is InChI=1S/C17H16N2O8/c1-25-13-6-9(7-14(26-2)15(13)27-3)16(20)18-12-5-4-10(19(23)24)8-11(12)17(21)22/h4-8H,1-3H3,(H,18,20)(H,21,22). The molecular weight excluding hydrogens is 360 g/mol. The molecule has 27 heavy (non-hydrogen) atoms. The van der Waals surface area contributed by atoms with Gasteiger partial charge < -0.3 is 24.6 Å². The molecule has 2 N–H and O–H groups in total. The second-order valence-corrected chi connectivity index (χ2v) is 5.16. The number of nitrogens with zero attached hydrogens (tertiary/aromatic N) is 1. The lowest BCUT2D eigenvalue weighted by atomic mass is 10.1. The lowest BCUT2D eigenvalue weighted by Crippen LogP contribution is -2.15. The third-order valence-corrected chi connectivity index (χ3v) is 3.62. The molecule has 1 amide bonds. The van der Waals surface area contributed by atoms with Gasteiger partial charge in [0.1, 0.15) is 0 Å². The molecule has 0 heterocycles. The summed E-state index contributed by atoms with van der Waals surface area (Å²) in [5.41, 5.74) is -0.797. The third kappa shape index (κ3) is 4.06. The molecule has 0 spiro atoms. The number of nitro groups is 1. The van der Waals surface area contributed by atoms with Crippen molar-refractivity contribution in [3.05, 3.63) is 51.6 Å². The second-order valence-electron chi connectivity index (χ2n) is 5.16. The molecule has 0 aromatic heterocycles. The number of amides is 1. The molecule has 2 aromatic rings. The Labute approximate surface area is 153 Å². The minimum Gasteiger partial charge on any atom is -0.493 e. The van der Waals surface area contributed by atoms with Crippen LogP contribution in [0.15, 0.2) is 30.3 Å². The van der Waals surface area contributed by atoms with Crippen molar-refractivity contribution in [2.75, 3.05) is 26.6 Å². The van der Waals surface area contributed by atoms with Crippen LogP contribution < -0.4 is 19.5 Å². The largest absolute Gasteiger partial charge is 0.493 e. The SMILES string of the molecule is COc1cc(C(=O)Nc2ccc([N+](=O)[O-])cc2C(=O)O)cc(OC)c1OC. The monoisotopic (exact) mass is 376 g/mol. The predicted octanol–water partition coefficient (Wildman–Crippen LogP) is 2.57. The Morgan fingerprint density at radius 1 is 1.04 bits per heavy atom. The van der Waals surface area contributed by atoms with E-state index in [4.69, 9.17) is 14.2 Å². The number of nitrogens with one attached hydrogen (secondary N) is 1. The van der Waals surface area contributed by atoms with Crippen LogP contribution in [-0.4, -0.2) is 43.2 Å². The van der Waals surface area contributed by atoms with Crippen molar-refractivity contribution >= 4 is 23.3 Å². The van der Waals surface area contributed by atoms with Gasteiger partial charge in [-0.25, -0.2) is 4.79 Å². The molecule has 0 aliphatic rings. The first kappa shape index (κ1) is 19.5. The molecule has 0 unspecified atom stereocenters. The summed E-state index contributed by atoms with van der Waals surface area (Å²) in [6.45, 7) is 0. The maximum absolute atomic E-state index is 12.6. The second kappa shape index (κ2) is 8.04. The number of carboxylic acids is 1. The number of ether oxygens (including phenoxy) is 3. The molecule has 10 heteroatoms. The van der Waals surface area contributed by atoms with Gasteiger partial charge in [0.05, 0.1) is 37.5 Å². The molecule has 0 aliphatic carbocycles. The van der Waals surface area contributed by atoms with Crippen molar-refractivity contribution in [3.8, 4) is 17.2 Å². The number of carboxylic acid groups (broad SMARTS) is 1. The van der Waals surface area contributed by atoms with E-state index in [1.165, 1.54) is 33.5 Å². The van der Waals surface area contributed by atoms with Crippen molar-refractivity contribution in [2.45, 2.75) is 0 Å². The van der Waals surface area contributed by atoms with Gasteiger partial charge in [0, 0.05) is 17.7 Å². The molecule has 142 valence electrons. The van der Waals surface area contributed by atoms with Crippen LogP contribution in [0.4, 0.5) is 11.4 Å². The van der Waals surface area contributed by atoms with Crippen LogP contribution in [0.25, 0.3) is 0 Å². The highest BCUT2D eigenvalue weighted by atomic mass is 16.6. The fourth-order valence-corrected chi connectivity index (χ4v) is 2.34. The Hall–Kier alpha value is -3.82. The highest BCUT2D eigenvalue weighted by Crippen LogP contribution is 2.38. The average molecular weight is 376 g/mol. The summed E-state index contributed by atoms with van der Waals surface area (Å²) in [7, 11) is 4.19. The molecule has 0 atom stereocenters. The van der Waals surface area contributed by atoms with Crippen LogP contribution in [-0.2, 0) is 0 Å². The molecule has 2 rings (SSSR count). The maximum atomic E-state index is 12.6. The van der Waals surface area contributed by atoms with E-state index in [0.717, 1.165) is 18.2 Å². The van der Waals surface area contributed by atoms with E-state index >= 15 is 0 Å². The van der Waals surface area contributed by atoms with Gasteiger partial charge >= 0.3 is 5.97 Å². The fourth-order valence-electron chi connectivity index (χ4n) is 2.34. The van der Waals surface area contributed by atoms with E-state index < -0.39 is 28.1 Å². The van der Waals surface area contributed by atoms with Crippen LogP contribution in [0.1, 0.15) is 20.7 Å². The molecule has 2 aromatic carbocycles. The van der Waals surface area contributed by atoms with E-state index in [-0.39, 0.29) is 28.5 Å². The fraction of sp³-hybridized carbons (Fsp3) is 0.176. The lowest BCUT2D eigenvalue weighted by molar-refractivity contribution is -0.384. The summed E-state index contributed by atoms with van der Waals surface area (Å²) in [5, 5.41) is 22.5. The Balaban J connectivity index is 2.43. The zero-order valence-electron chi connectivity index (χ0n) is 14.6. The van der Waals surface area contributed by atoms with E-state index in [9.17, 15) is 24.8 Å². The van der Waals surface area contributed by atoms with Crippen molar-refractivity contribution in [1.29, 1.82) is 0 Å². The molecule has 10 nitrogen and oxygen atoms in total. The van der Waals surface area contributed by atoms with E-state index in [1.54, 1.807) is 0 Å². The Morgan fingerprint density at radius 2 is 1.63 bits per heavy atom. The average Bonchev–Trinajstić information content (AvgIpc) is 2.66. The summed E-state index contributed by atoms with van der Waals surface area (Å²) in [4.78, 5) is 34.0. The van der Waals surface area contributed by atoms with Crippen LogP contribution in [0.5, 0.6) is 17.2 Å². The van der Waals surface area contributed by atoms with Gasteiger partial charge in [-0.3, -0.25) is 14.9 Å². The van der Waals surface area contributed by atoms with Crippen LogP contribution >= 0.6 is 0 Å². The van der Waals surface area contributed by atoms with Crippen LogP contribution in [0, 0.1) is 10.1 Å². The molecule has 0 saturated heterocycles. The van der Waals surface area contributed by atoms with Crippen molar-refractivity contribution in [2.24, 2.45) is 0 Å². The zero-order valence-corrected chi connectivity index (χ0v) is 14.6. The van der Waals surface area contributed by atoms with Gasteiger partial charge in [0.15, 0.2) is 11.5 Å². The van der Waals surface area contributed by atoms with Gasteiger partial charge in [0.2, 0.25) is 5.75 Å². The normalized spacial score (nSPS) is 10.0. The van der Waals surface area contributed by atoms with Crippen LogP contribution in [0.3, 0.4) is 0 Å². The number of carbonyl (C=O) groups excluding carboxylic acids is 1. The molecule has 0 aliphatic heterocycles. The van der Waals surface area contributed by atoms with E-state index in [0.29, 0.717) is 0 Å². The summed E-state index contributed by atoms with van der Waals surface area (Å²) < 4.78 is 15.5. The highest BCUT2D eigenvalue weighted by molar-refractivity contribution is 6.08. The number of hydrogen-bond acceptors (Lipinski definition) is 7. The minimum atomic E-state index is -1.42. The smallest absolute Gasteiger partial charge is 0.338 e. The topological polar surface area (TPSA) is 137 Å². The van der Waals surface area contributed by atoms with Crippen molar-refractivity contribution in [3.63, 3.8) is 0 Å².